The van der Waals surface area contributed by atoms with E-state index in [0.717, 1.165) is 30.6 Å². The number of benzene rings is 1. The summed E-state index contributed by atoms with van der Waals surface area (Å²) in [7, 11) is 0. The second-order valence-electron chi connectivity index (χ2n) is 4.37. The van der Waals surface area contributed by atoms with E-state index in [-0.39, 0.29) is 12.5 Å². The summed E-state index contributed by atoms with van der Waals surface area (Å²) in [4.78, 5) is 12.2. The maximum atomic E-state index is 12.2. The summed E-state index contributed by atoms with van der Waals surface area (Å²) in [5, 5.41) is 19.5. The SMILES string of the molecule is O=C(NCc1nn[nH]n1)c1cccc2c1CCCN2. The van der Waals surface area contributed by atoms with E-state index in [1.54, 1.807) is 0 Å². The van der Waals surface area contributed by atoms with Crippen LogP contribution in [-0.2, 0) is 13.0 Å². The van der Waals surface area contributed by atoms with Crippen LogP contribution in [-0.4, -0.2) is 33.1 Å². The Kier molecular flexibility index (Phi) is 3.09. The molecule has 1 aromatic carbocycles. The first-order chi connectivity index (χ1) is 9.34. The van der Waals surface area contributed by atoms with Gasteiger partial charge in [0.15, 0.2) is 5.82 Å². The van der Waals surface area contributed by atoms with E-state index < -0.39 is 0 Å². The lowest BCUT2D eigenvalue weighted by Crippen LogP contribution is -2.26. The van der Waals surface area contributed by atoms with Crippen LogP contribution in [0.5, 0.6) is 0 Å². The highest BCUT2D eigenvalue weighted by molar-refractivity contribution is 5.97. The normalized spacial score (nSPS) is 13.5. The highest BCUT2D eigenvalue weighted by Crippen LogP contribution is 2.25. The molecule has 0 atom stereocenters. The zero-order valence-electron chi connectivity index (χ0n) is 10.3. The van der Waals surface area contributed by atoms with Crippen molar-refractivity contribution in [1.82, 2.24) is 25.9 Å². The van der Waals surface area contributed by atoms with E-state index in [0.29, 0.717) is 11.4 Å². The number of nitrogens with one attached hydrogen (secondary N) is 3. The Bertz CT molecular complexity index is 580. The van der Waals surface area contributed by atoms with Gasteiger partial charge in [-0.15, -0.1) is 10.2 Å². The molecule has 0 saturated heterocycles. The molecular formula is C12H14N6O. The van der Waals surface area contributed by atoms with Gasteiger partial charge < -0.3 is 10.6 Å². The lowest BCUT2D eigenvalue weighted by Gasteiger charge is -2.20. The molecule has 0 spiro atoms. The third-order valence-corrected chi connectivity index (χ3v) is 3.14. The van der Waals surface area contributed by atoms with Crippen molar-refractivity contribution in [2.45, 2.75) is 19.4 Å². The van der Waals surface area contributed by atoms with Gasteiger partial charge >= 0.3 is 0 Å². The molecule has 1 aliphatic rings. The fraction of sp³-hybridized carbons (Fsp3) is 0.333. The maximum Gasteiger partial charge on any atom is 0.252 e. The van der Waals surface area contributed by atoms with Crippen LogP contribution in [0.4, 0.5) is 5.69 Å². The van der Waals surface area contributed by atoms with Gasteiger partial charge in [0.05, 0.1) is 6.54 Å². The lowest BCUT2D eigenvalue weighted by atomic mass is 9.97. The molecule has 2 heterocycles. The number of hydrogen-bond acceptors (Lipinski definition) is 5. The molecule has 3 rings (SSSR count). The zero-order chi connectivity index (χ0) is 13.1. The number of carbonyl (C=O) groups excluding carboxylic acids is 1. The largest absolute Gasteiger partial charge is 0.385 e. The third-order valence-electron chi connectivity index (χ3n) is 3.14. The standard InChI is InChI=1S/C12H14N6O/c19-12(14-7-11-15-17-18-16-11)9-3-1-5-10-8(9)4-2-6-13-10/h1,3,5,13H,2,4,6-7H2,(H,14,19)(H,15,16,17,18). The first-order valence-corrected chi connectivity index (χ1v) is 6.21. The van der Waals surface area contributed by atoms with Crippen LogP contribution in [0.2, 0.25) is 0 Å². The number of anilines is 1. The van der Waals surface area contributed by atoms with Gasteiger partial charge in [0.25, 0.3) is 5.91 Å². The molecule has 19 heavy (non-hydrogen) atoms. The molecule has 0 unspecified atom stereocenters. The quantitative estimate of drug-likeness (QED) is 0.744. The van der Waals surface area contributed by atoms with Crippen molar-refractivity contribution in [2.24, 2.45) is 0 Å². The van der Waals surface area contributed by atoms with Gasteiger partial charge in [-0.3, -0.25) is 4.79 Å². The van der Waals surface area contributed by atoms with E-state index in [1.807, 2.05) is 18.2 Å². The minimum Gasteiger partial charge on any atom is -0.385 e. The summed E-state index contributed by atoms with van der Waals surface area (Å²) < 4.78 is 0. The van der Waals surface area contributed by atoms with Gasteiger partial charge in [-0.25, -0.2) is 0 Å². The minimum atomic E-state index is -0.106. The number of hydrogen-bond donors (Lipinski definition) is 3. The average Bonchev–Trinajstić information content (AvgIpc) is 2.97. The van der Waals surface area contributed by atoms with Crippen LogP contribution in [0, 0.1) is 0 Å². The number of nitrogens with zero attached hydrogens (tertiary/aromatic N) is 3. The Labute approximate surface area is 109 Å². The Balaban J connectivity index is 1.76. The fourth-order valence-corrected chi connectivity index (χ4v) is 2.23. The number of aromatic nitrogens is 4. The molecule has 2 aromatic rings. The fourth-order valence-electron chi connectivity index (χ4n) is 2.23. The van der Waals surface area contributed by atoms with Crippen LogP contribution in [0.3, 0.4) is 0 Å². The lowest BCUT2D eigenvalue weighted by molar-refractivity contribution is 0.0949. The van der Waals surface area contributed by atoms with Gasteiger partial charge in [-0.05, 0) is 30.5 Å². The van der Waals surface area contributed by atoms with Gasteiger partial charge in [-0.1, -0.05) is 11.3 Å². The molecule has 98 valence electrons. The molecule has 3 N–H and O–H groups in total. The van der Waals surface area contributed by atoms with E-state index in [2.05, 4.69) is 31.3 Å². The number of aromatic amines is 1. The predicted molar refractivity (Wildman–Crippen MR) is 68.6 cm³/mol. The summed E-state index contributed by atoms with van der Waals surface area (Å²) in [6.45, 7) is 1.23. The Hall–Kier alpha value is -2.44. The van der Waals surface area contributed by atoms with Gasteiger partial charge in [0.1, 0.15) is 0 Å². The van der Waals surface area contributed by atoms with E-state index in [1.165, 1.54) is 0 Å². The zero-order valence-corrected chi connectivity index (χ0v) is 10.3. The molecular weight excluding hydrogens is 244 g/mol. The number of amides is 1. The summed E-state index contributed by atoms with van der Waals surface area (Å²) in [5.74, 6) is 0.363. The second-order valence-corrected chi connectivity index (χ2v) is 4.37. The number of tetrazole rings is 1. The molecule has 1 aromatic heterocycles. The number of H-pyrrole nitrogens is 1. The number of carbonyl (C=O) groups is 1. The van der Waals surface area contributed by atoms with Crippen molar-refractivity contribution in [2.75, 3.05) is 11.9 Å². The third kappa shape index (κ3) is 2.40. The first-order valence-electron chi connectivity index (χ1n) is 6.21. The monoisotopic (exact) mass is 258 g/mol. The maximum absolute atomic E-state index is 12.2. The van der Waals surface area contributed by atoms with Crippen molar-refractivity contribution in [3.05, 3.63) is 35.2 Å². The smallest absolute Gasteiger partial charge is 0.252 e. The van der Waals surface area contributed by atoms with Crippen LogP contribution < -0.4 is 10.6 Å². The Morgan fingerprint density at radius 1 is 1.42 bits per heavy atom. The van der Waals surface area contributed by atoms with Crippen molar-refractivity contribution < 1.29 is 4.79 Å². The topological polar surface area (TPSA) is 95.6 Å². The Morgan fingerprint density at radius 3 is 3.21 bits per heavy atom. The van der Waals surface area contributed by atoms with E-state index >= 15 is 0 Å². The molecule has 0 aliphatic carbocycles. The molecule has 7 nitrogen and oxygen atoms in total. The molecule has 0 fully saturated rings. The summed E-state index contributed by atoms with van der Waals surface area (Å²) in [6.07, 6.45) is 1.97. The number of rotatable bonds is 3. The summed E-state index contributed by atoms with van der Waals surface area (Å²) in [6, 6.07) is 5.74. The second kappa shape index (κ2) is 5.05. The van der Waals surface area contributed by atoms with Gasteiger partial charge in [-0.2, -0.15) is 5.21 Å². The molecule has 1 amide bonds. The first kappa shape index (κ1) is 11.6. The summed E-state index contributed by atoms with van der Waals surface area (Å²) >= 11 is 0. The molecule has 7 heteroatoms. The van der Waals surface area contributed by atoms with Crippen LogP contribution in [0.1, 0.15) is 28.2 Å². The van der Waals surface area contributed by atoms with Crippen molar-refractivity contribution >= 4 is 11.6 Å². The Morgan fingerprint density at radius 2 is 2.37 bits per heavy atom. The number of fused-ring (bicyclic) bond motifs is 1. The van der Waals surface area contributed by atoms with Crippen LogP contribution in [0.25, 0.3) is 0 Å². The van der Waals surface area contributed by atoms with Gasteiger partial charge in [0.2, 0.25) is 0 Å². The predicted octanol–water partition coefficient (Wildman–Crippen LogP) is 0.488. The minimum absolute atomic E-state index is 0.106. The van der Waals surface area contributed by atoms with Crippen LogP contribution >= 0.6 is 0 Å². The van der Waals surface area contributed by atoms with E-state index in [4.69, 9.17) is 0 Å². The molecule has 1 aliphatic heterocycles. The summed E-state index contributed by atoms with van der Waals surface area (Å²) in [5.41, 5.74) is 2.85. The molecule has 0 radical (unpaired) electrons. The molecule has 0 bridgehead atoms. The van der Waals surface area contributed by atoms with Crippen molar-refractivity contribution in [1.29, 1.82) is 0 Å². The van der Waals surface area contributed by atoms with Crippen molar-refractivity contribution in [3.63, 3.8) is 0 Å². The van der Waals surface area contributed by atoms with Crippen molar-refractivity contribution in [3.8, 4) is 0 Å². The highest BCUT2D eigenvalue weighted by Gasteiger charge is 2.17. The average molecular weight is 258 g/mol. The van der Waals surface area contributed by atoms with E-state index in [9.17, 15) is 4.79 Å². The van der Waals surface area contributed by atoms with Crippen LogP contribution in [0.15, 0.2) is 18.2 Å². The molecule has 0 saturated carbocycles. The van der Waals surface area contributed by atoms with Gasteiger partial charge in [0, 0.05) is 17.8 Å². The highest BCUT2D eigenvalue weighted by atomic mass is 16.1.